The summed E-state index contributed by atoms with van der Waals surface area (Å²) in [6, 6.07) is 11.5. The first-order valence-corrected chi connectivity index (χ1v) is 11.8. The molecule has 0 atom stereocenters. The number of benzene rings is 1. The third kappa shape index (κ3) is 4.96. The second kappa shape index (κ2) is 9.97. The van der Waals surface area contributed by atoms with E-state index >= 15 is 0 Å². The summed E-state index contributed by atoms with van der Waals surface area (Å²) in [5.41, 5.74) is 3.42. The van der Waals surface area contributed by atoms with Crippen molar-refractivity contribution in [3.8, 4) is 22.8 Å². The summed E-state index contributed by atoms with van der Waals surface area (Å²) in [6.07, 6.45) is 5.97. The van der Waals surface area contributed by atoms with Gasteiger partial charge >= 0.3 is 0 Å². The van der Waals surface area contributed by atoms with Crippen LogP contribution in [0.1, 0.15) is 18.6 Å². The molecule has 4 heterocycles. The number of anilines is 1. The molecule has 0 bridgehead atoms. The van der Waals surface area contributed by atoms with Gasteiger partial charge < -0.3 is 23.6 Å². The van der Waals surface area contributed by atoms with Crippen molar-refractivity contribution in [1.82, 2.24) is 14.3 Å². The molecule has 3 aromatic heterocycles. The van der Waals surface area contributed by atoms with Crippen LogP contribution in [-0.4, -0.2) is 47.6 Å². The fourth-order valence-corrected chi connectivity index (χ4v) is 4.69. The molecule has 0 spiro atoms. The minimum atomic E-state index is 0.127. The maximum atomic E-state index is 10.6. The molecule has 1 aliphatic rings. The van der Waals surface area contributed by atoms with Crippen molar-refractivity contribution in [2.24, 2.45) is 5.18 Å². The predicted octanol–water partition coefficient (Wildman–Crippen LogP) is 5.74. The Hall–Kier alpha value is -3.56. The summed E-state index contributed by atoms with van der Waals surface area (Å²) in [5.74, 6) is 2.09. The van der Waals surface area contributed by atoms with Gasteiger partial charge in [0.25, 0.3) is 5.88 Å². The minimum Gasteiger partial charge on any atom is -0.496 e. The fourth-order valence-electron chi connectivity index (χ4n) is 4.45. The number of nitrogens with zero attached hydrogens (tertiary/aromatic N) is 4. The maximum Gasteiger partial charge on any atom is 0.260 e. The lowest BCUT2D eigenvalue weighted by molar-refractivity contribution is 0.197. The van der Waals surface area contributed by atoms with Crippen molar-refractivity contribution < 1.29 is 13.9 Å². The van der Waals surface area contributed by atoms with E-state index in [2.05, 4.69) is 21.5 Å². The summed E-state index contributed by atoms with van der Waals surface area (Å²) >= 11 is 6.35. The second-order valence-electron chi connectivity index (χ2n) is 8.52. The van der Waals surface area contributed by atoms with Crippen LogP contribution in [0.25, 0.3) is 16.9 Å². The molecule has 0 unspecified atom stereocenters. The molecule has 0 aliphatic carbocycles. The molecular weight excluding hydrogens is 470 g/mol. The number of fused-ring (bicyclic) bond motifs is 1. The van der Waals surface area contributed by atoms with Gasteiger partial charge in [-0.25, -0.2) is 4.98 Å². The predicted molar refractivity (Wildman–Crippen MR) is 135 cm³/mol. The topological polar surface area (TPSA) is 93.6 Å². The van der Waals surface area contributed by atoms with Crippen LogP contribution < -0.4 is 14.8 Å². The number of aromatic nitrogens is 2. The van der Waals surface area contributed by atoms with Crippen LogP contribution in [0.15, 0.2) is 58.4 Å². The van der Waals surface area contributed by atoms with Crippen LogP contribution in [0.2, 0.25) is 5.02 Å². The highest BCUT2D eigenvalue weighted by Gasteiger charge is 2.21. The molecule has 9 nitrogen and oxygen atoms in total. The standard InChI is InChI=1S/C25H26ClN5O4/c1-33-22-13-23(34-2)20(26)12-19(22)21-15-31-10-7-17(11-24(31)28-21)27-16-5-8-30(9-6-16)14-18-3-4-25(29-32)35-18/h3-4,7,10-13,15-16,27H,5-6,8-9,14H2,1-2H3. The molecule has 5 rings (SSSR count). The average Bonchev–Trinajstić information content (AvgIpc) is 3.51. The van der Waals surface area contributed by atoms with Gasteiger partial charge in [0.15, 0.2) is 0 Å². The third-order valence-electron chi connectivity index (χ3n) is 6.29. The smallest absolute Gasteiger partial charge is 0.260 e. The number of nitrogens with one attached hydrogen (secondary N) is 1. The summed E-state index contributed by atoms with van der Waals surface area (Å²) in [6.45, 7) is 2.57. The van der Waals surface area contributed by atoms with Crippen LogP contribution >= 0.6 is 11.6 Å². The number of likely N-dealkylation sites (tertiary alicyclic amines) is 1. The van der Waals surface area contributed by atoms with E-state index in [0.717, 1.165) is 54.3 Å². The first-order chi connectivity index (χ1) is 17.1. The van der Waals surface area contributed by atoms with Gasteiger partial charge in [-0.15, -0.1) is 4.91 Å². The Morgan fingerprint density at radius 3 is 2.66 bits per heavy atom. The lowest BCUT2D eigenvalue weighted by Crippen LogP contribution is -2.38. The molecule has 182 valence electrons. The van der Waals surface area contributed by atoms with Gasteiger partial charge in [-0.3, -0.25) is 4.90 Å². The molecule has 35 heavy (non-hydrogen) atoms. The van der Waals surface area contributed by atoms with Gasteiger partial charge in [-0.2, -0.15) is 0 Å². The summed E-state index contributed by atoms with van der Waals surface area (Å²) in [4.78, 5) is 17.7. The fraction of sp³-hybridized carbons (Fsp3) is 0.320. The summed E-state index contributed by atoms with van der Waals surface area (Å²) in [7, 11) is 3.19. The highest BCUT2D eigenvalue weighted by atomic mass is 35.5. The Bertz CT molecular complexity index is 1340. The number of methoxy groups -OCH3 is 2. The molecule has 1 saturated heterocycles. The zero-order valence-corrected chi connectivity index (χ0v) is 20.3. The molecule has 0 saturated carbocycles. The minimum absolute atomic E-state index is 0.127. The SMILES string of the molecule is COc1cc(OC)c(-c2cn3ccc(NC4CCN(Cc5ccc(N=O)o5)CC4)cc3n2)cc1Cl. The lowest BCUT2D eigenvalue weighted by atomic mass is 10.0. The van der Waals surface area contributed by atoms with Crippen molar-refractivity contribution in [2.45, 2.75) is 25.4 Å². The van der Waals surface area contributed by atoms with Crippen LogP contribution in [0, 0.1) is 4.91 Å². The van der Waals surface area contributed by atoms with E-state index < -0.39 is 0 Å². The number of piperidine rings is 1. The third-order valence-corrected chi connectivity index (χ3v) is 6.58. The Kier molecular flexibility index (Phi) is 6.61. The van der Waals surface area contributed by atoms with Gasteiger partial charge in [-0.05, 0) is 31.0 Å². The van der Waals surface area contributed by atoms with Crippen LogP contribution in [0.3, 0.4) is 0 Å². The summed E-state index contributed by atoms with van der Waals surface area (Å²) in [5, 5.41) is 6.98. The number of nitroso groups, excluding NO2 is 1. The van der Waals surface area contributed by atoms with Crippen LogP contribution in [0.5, 0.6) is 11.5 Å². The molecular formula is C25H26ClN5O4. The van der Waals surface area contributed by atoms with E-state index in [9.17, 15) is 4.91 Å². The van der Waals surface area contributed by atoms with Gasteiger partial charge in [0.2, 0.25) is 0 Å². The van der Waals surface area contributed by atoms with Crippen molar-refractivity contribution in [3.05, 3.63) is 64.5 Å². The van der Waals surface area contributed by atoms with Gasteiger partial charge in [0.1, 0.15) is 22.9 Å². The molecule has 0 radical (unpaired) electrons. The number of hydrogen-bond acceptors (Lipinski definition) is 8. The molecule has 1 aromatic carbocycles. The number of halogens is 1. The van der Waals surface area contributed by atoms with Crippen LogP contribution in [-0.2, 0) is 6.54 Å². The first kappa shape index (κ1) is 23.2. The number of pyridine rings is 1. The quantitative estimate of drug-likeness (QED) is 0.311. The van der Waals surface area contributed by atoms with Gasteiger partial charge in [0, 0.05) is 66.2 Å². The Morgan fingerprint density at radius 1 is 1.14 bits per heavy atom. The number of imidazole rings is 1. The molecule has 1 aliphatic heterocycles. The van der Waals surface area contributed by atoms with E-state index in [0.29, 0.717) is 29.1 Å². The normalized spacial score (nSPS) is 14.8. The van der Waals surface area contributed by atoms with Crippen LogP contribution in [0.4, 0.5) is 11.6 Å². The number of furan rings is 1. The number of ether oxygens (including phenoxy) is 2. The maximum absolute atomic E-state index is 10.6. The molecule has 4 aromatic rings. The number of rotatable bonds is 8. The highest BCUT2D eigenvalue weighted by molar-refractivity contribution is 6.32. The van der Waals surface area contributed by atoms with Gasteiger partial charge in [-0.1, -0.05) is 11.6 Å². The molecule has 10 heteroatoms. The molecule has 1 N–H and O–H groups in total. The second-order valence-corrected chi connectivity index (χ2v) is 8.93. The largest absolute Gasteiger partial charge is 0.496 e. The molecule has 1 fully saturated rings. The Morgan fingerprint density at radius 2 is 1.94 bits per heavy atom. The van der Waals surface area contributed by atoms with Crippen molar-refractivity contribution in [3.63, 3.8) is 0 Å². The lowest BCUT2D eigenvalue weighted by Gasteiger charge is -2.32. The number of hydrogen-bond donors (Lipinski definition) is 1. The average molecular weight is 496 g/mol. The van der Waals surface area contributed by atoms with Gasteiger partial charge in [0.05, 0.1) is 31.5 Å². The first-order valence-electron chi connectivity index (χ1n) is 11.4. The Labute approximate surface area is 207 Å². The van der Waals surface area contributed by atoms with Crippen molar-refractivity contribution in [2.75, 3.05) is 32.6 Å². The Balaban J connectivity index is 1.26. The van der Waals surface area contributed by atoms with E-state index in [-0.39, 0.29) is 5.88 Å². The summed E-state index contributed by atoms with van der Waals surface area (Å²) < 4.78 is 18.2. The van der Waals surface area contributed by atoms with E-state index in [1.54, 1.807) is 26.4 Å². The van der Waals surface area contributed by atoms with Crippen molar-refractivity contribution >= 4 is 28.8 Å². The van der Waals surface area contributed by atoms with E-state index in [4.69, 9.17) is 30.5 Å². The molecule has 0 amide bonds. The van der Waals surface area contributed by atoms with Crippen molar-refractivity contribution in [1.29, 1.82) is 0 Å². The highest BCUT2D eigenvalue weighted by Crippen LogP contribution is 2.38. The van der Waals surface area contributed by atoms with E-state index in [1.807, 2.05) is 35.0 Å². The zero-order chi connectivity index (χ0) is 24.4. The monoisotopic (exact) mass is 495 g/mol. The zero-order valence-electron chi connectivity index (χ0n) is 19.5. The van der Waals surface area contributed by atoms with E-state index in [1.165, 1.54) is 0 Å².